The van der Waals surface area contributed by atoms with Gasteiger partial charge in [0.1, 0.15) is 18.0 Å². The molecule has 152 valence electrons. The lowest BCUT2D eigenvalue weighted by Gasteiger charge is -2.17. The molecule has 0 fully saturated rings. The van der Waals surface area contributed by atoms with E-state index in [4.69, 9.17) is 4.74 Å². The van der Waals surface area contributed by atoms with E-state index in [1.165, 1.54) is 4.68 Å². The molecule has 4 rings (SSSR count). The first kappa shape index (κ1) is 19.8. The highest BCUT2D eigenvalue weighted by atomic mass is 32.1. The summed E-state index contributed by atoms with van der Waals surface area (Å²) in [6.45, 7) is 1.71. The zero-order valence-corrected chi connectivity index (χ0v) is 17.5. The quantitative estimate of drug-likeness (QED) is 0.512. The van der Waals surface area contributed by atoms with Gasteiger partial charge >= 0.3 is 0 Å². The van der Waals surface area contributed by atoms with Crippen LogP contribution < -0.4 is 15.6 Å². The van der Waals surface area contributed by atoms with Crippen molar-refractivity contribution in [2.45, 2.75) is 19.5 Å². The maximum Gasteiger partial charge on any atom is 0.275 e. The minimum absolute atomic E-state index is 0.165. The van der Waals surface area contributed by atoms with Crippen molar-refractivity contribution in [2.24, 2.45) is 0 Å². The van der Waals surface area contributed by atoms with Crippen LogP contribution in [0, 0.1) is 0 Å². The molecule has 1 amide bonds. The number of para-hydroxylation sites is 1. The van der Waals surface area contributed by atoms with Crippen LogP contribution in [0.3, 0.4) is 0 Å². The van der Waals surface area contributed by atoms with E-state index in [0.717, 1.165) is 15.8 Å². The van der Waals surface area contributed by atoms with Gasteiger partial charge in [-0.05, 0) is 30.5 Å². The van der Waals surface area contributed by atoms with E-state index in [2.05, 4.69) is 10.4 Å². The van der Waals surface area contributed by atoms with Gasteiger partial charge in [-0.2, -0.15) is 5.10 Å². The summed E-state index contributed by atoms with van der Waals surface area (Å²) < 4.78 is 6.61. The van der Waals surface area contributed by atoms with E-state index in [9.17, 15) is 9.59 Å². The average Bonchev–Trinajstić information content (AvgIpc) is 3.30. The standard InChI is InChI=1S/C23H21N3O3S/c1-15(16-8-5-6-11-19(16)29-2)24-21(27)14-26-23(28)18-10-4-3-9-17(18)22(25-26)20-12-7-13-30-20/h3-13,15H,14H2,1-2H3,(H,24,27). The third-order valence-electron chi connectivity index (χ3n) is 4.90. The summed E-state index contributed by atoms with van der Waals surface area (Å²) in [5, 5.41) is 10.7. The van der Waals surface area contributed by atoms with Crippen LogP contribution in [-0.2, 0) is 11.3 Å². The Morgan fingerprint density at radius 2 is 1.83 bits per heavy atom. The van der Waals surface area contributed by atoms with Crippen molar-refractivity contribution in [3.8, 4) is 16.3 Å². The molecule has 0 saturated heterocycles. The van der Waals surface area contributed by atoms with Crippen molar-refractivity contribution in [1.29, 1.82) is 0 Å². The summed E-state index contributed by atoms with van der Waals surface area (Å²) in [5.41, 5.74) is 1.28. The number of aromatic nitrogens is 2. The fourth-order valence-electron chi connectivity index (χ4n) is 3.46. The largest absolute Gasteiger partial charge is 0.496 e. The number of hydrogen-bond donors (Lipinski definition) is 1. The Balaban J connectivity index is 1.64. The Bertz CT molecular complexity index is 1250. The van der Waals surface area contributed by atoms with Crippen LogP contribution in [0.5, 0.6) is 5.75 Å². The van der Waals surface area contributed by atoms with E-state index in [1.807, 2.05) is 66.9 Å². The van der Waals surface area contributed by atoms with Gasteiger partial charge in [0.25, 0.3) is 5.56 Å². The van der Waals surface area contributed by atoms with Gasteiger partial charge in [0, 0.05) is 10.9 Å². The van der Waals surface area contributed by atoms with Crippen LogP contribution in [0.1, 0.15) is 18.5 Å². The van der Waals surface area contributed by atoms with Gasteiger partial charge in [0.05, 0.1) is 23.4 Å². The van der Waals surface area contributed by atoms with Crippen LogP contribution in [0.25, 0.3) is 21.3 Å². The smallest absolute Gasteiger partial charge is 0.275 e. The van der Waals surface area contributed by atoms with Crippen molar-refractivity contribution >= 4 is 28.0 Å². The number of fused-ring (bicyclic) bond motifs is 1. The van der Waals surface area contributed by atoms with Crippen molar-refractivity contribution in [2.75, 3.05) is 7.11 Å². The Morgan fingerprint density at radius 3 is 2.57 bits per heavy atom. The van der Waals surface area contributed by atoms with E-state index in [0.29, 0.717) is 16.8 Å². The molecule has 1 N–H and O–H groups in total. The molecule has 0 bridgehead atoms. The summed E-state index contributed by atoms with van der Waals surface area (Å²) in [7, 11) is 1.60. The molecule has 0 aliphatic carbocycles. The first-order chi connectivity index (χ1) is 14.6. The number of nitrogens with one attached hydrogen (secondary N) is 1. The normalized spacial score (nSPS) is 11.9. The second kappa shape index (κ2) is 8.51. The molecule has 0 saturated carbocycles. The molecular formula is C23H21N3O3S. The Labute approximate surface area is 177 Å². The predicted octanol–water partition coefficient (Wildman–Crippen LogP) is 4.01. The first-order valence-electron chi connectivity index (χ1n) is 9.54. The first-order valence-corrected chi connectivity index (χ1v) is 10.4. The van der Waals surface area contributed by atoms with E-state index in [1.54, 1.807) is 24.5 Å². The fraction of sp³-hybridized carbons (Fsp3) is 0.174. The molecule has 1 unspecified atom stereocenters. The van der Waals surface area contributed by atoms with Crippen LogP contribution in [0.15, 0.2) is 70.8 Å². The summed E-state index contributed by atoms with van der Waals surface area (Å²) in [6.07, 6.45) is 0. The number of nitrogens with zero attached hydrogens (tertiary/aromatic N) is 2. The van der Waals surface area contributed by atoms with Gasteiger partial charge in [-0.15, -0.1) is 11.3 Å². The lowest BCUT2D eigenvalue weighted by atomic mass is 10.1. The van der Waals surface area contributed by atoms with Crippen LogP contribution in [0.4, 0.5) is 0 Å². The van der Waals surface area contributed by atoms with Gasteiger partial charge < -0.3 is 10.1 Å². The highest BCUT2D eigenvalue weighted by Gasteiger charge is 2.17. The van der Waals surface area contributed by atoms with Crippen molar-refractivity contribution in [1.82, 2.24) is 15.1 Å². The van der Waals surface area contributed by atoms with E-state index >= 15 is 0 Å². The minimum Gasteiger partial charge on any atom is -0.496 e. The number of carbonyl (C=O) groups is 1. The Morgan fingerprint density at radius 1 is 1.10 bits per heavy atom. The molecule has 1 atom stereocenters. The van der Waals surface area contributed by atoms with Crippen LogP contribution in [-0.4, -0.2) is 22.8 Å². The topological polar surface area (TPSA) is 73.2 Å². The van der Waals surface area contributed by atoms with Crippen LogP contribution in [0.2, 0.25) is 0 Å². The molecule has 2 heterocycles. The zero-order chi connectivity index (χ0) is 21.1. The summed E-state index contributed by atoms with van der Waals surface area (Å²) >= 11 is 1.54. The lowest BCUT2D eigenvalue weighted by Crippen LogP contribution is -2.35. The third kappa shape index (κ3) is 3.84. The molecule has 30 heavy (non-hydrogen) atoms. The highest BCUT2D eigenvalue weighted by Crippen LogP contribution is 2.28. The van der Waals surface area contributed by atoms with Crippen LogP contribution >= 0.6 is 11.3 Å². The summed E-state index contributed by atoms with van der Waals surface area (Å²) in [5.74, 6) is 0.404. The molecule has 0 radical (unpaired) electrons. The molecule has 0 aliphatic rings. The Hall–Kier alpha value is -3.45. The monoisotopic (exact) mass is 419 g/mol. The third-order valence-corrected chi connectivity index (χ3v) is 5.78. The minimum atomic E-state index is -0.296. The molecule has 6 nitrogen and oxygen atoms in total. The van der Waals surface area contributed by atoms with Gasteiger partial charge in [-0.3, -0.25) is 9.59 Å². The van der Waals surface area contributed by atoms with Gasteiger partial charge in [0.15, 0.2) is 0 Å². The second-order valence-electron chi connectivity index (χ2n) is 6.87. The number of benzene rings is 2. The summed E-state index contributed by atoms with van der Waals surface area (Å²) in [6, 6.07) is 18.5. The zero-order valence-electron chi connectivity index (χ0n) is 16.7. The van der Waals surface area contributed by atoms with E-state index in [-0.39, 0.29) is 24.1 Å². The maximum absolute atomic E-state index is 12.9. The lowest BCUT2D eigenvalue weighted by molar-refractivity contribution is -0.122. The molecule has 4 aromatic rings. The number of carbonyl (C=O) groups excluding carboxylic acids is 1. The second-order valence-corrected chi connectivity index (χ2v) is 7.81. The number of amides is 1. The number of hydrogen-bond acceptors (Lipinski definition) is 5. The van der Waals surface area contributed by atoms with E-state index < -0.39 is 0 Å². The van der Waals surface area contributed by atoms with Gasteiger partial charge in [0.2, 0.25) is 5.91 Å². The number of methoxy groups -OCH3 is 1. The number of ether oxygens (including phenoxy) is 1. The van der Waals surface area contributed by atoms with Crippen molar-refractivity contribution in [3.05, 3.63) is 82.0 Å². The average molecular weight is 420 g/mol. The molecule has 0 aliphatic heterocycles. The van der Waals surface area contributed by atoms with Gasteiger partial charge in [-0.25, -0.2) is 4.68 Å². The number of thiophene rings is 1. The highest BCUT2D eigenvalue weighted by molar-refractivity contribution is 7.13. The Kier molecular flexibility index (Phi) is 5.63. The summed E-state index contributed by atoms with van der Waals surface area (Å²) in [4.78, 5) is 26.6. The number of rotatable bonds is 6. The molecule has 2 aromatic carbocycles. The van der Waals surface area contributed by atoms with Crippen molar-refractivity contribution in [3.63, 3.8) is 0 Å². The molecule has 0 spiro atoms. The maximum atomic E-state index is 12.9. The molecular weight excluding hydrogens is 398 g/mol. The molecule has 7 heteroatoms. The molecule has 2 aromatic heterocycles. The SMILES string of the molecule is COc1ccccc1C(C)NC(=O)Cn1nc(-c2cccs2)c2ccccc2c1=O. The predicted molar refractivity (Wildman–Crippen MR) is 119 cm³/mol. The van der Waals surface area contributed by atoms with Crippen molar-refractivity contribution < 1.29 is 9.53 Å². The fourth-order valence-corrected chi connectivity index (χ4v) is 4.19. The van der Waals surface area contributed by atoms with Gasteiger partial charge in [-0.1, -0.05) is 42.5 Å².